The number of hydrogen-bond donors (Lipinski definition) is 1. The maximum Gasteiger partial charge on any atom is 0.144 e. The van der Waals surface area contributed by atoms with E-state index in [2.05, 4.69) is 28.4 Å². The highest BCUT2D eigenvalue weighted by molar-refractivity contribution is 5.85. The Balaban J connectivity index is 0.00000192. The van der Waals surface area contributed by atoms with E-state index in [-0.39, 0.29) is 12.4 Å². The van der Waals surface area contributed by atoms with Gasteiger partial charge in [-0.15, -0.1) is 12.4 Å². The Morgan fingerprint density at radius 1 is 1.22 bits per heavy atom. The summed E-state index contributed by atoms with van der Waals surface area (Å²) in [6.07, 6.45) is 4.28. The molecule has 1 saturated heterocycles. The van der Waals surface area contributed by atoms with Crippen molar-refractivity contribution in [3.8, 4) is 11.4 Å². The summed E-state index contributed by atoms with van der Waals surface area (Å²) in [5.74, 6) is 0.848. The number of benzene rings is 1. The van der Waals surface area contributed by atoms with Gasteiger partial charge in [0.25, 0.3) is 0 Å². The van der Waals surface area contributed by atoms with Gasteiger partial charge in [-0.25, -0.2) is 4.68 Å². The first-order valence-corrected chi connectivity index (χ1v) is 7.87. The van der Waals surface area contributed by atoms with E-state index in [1.54, 1.807) is 7.11 Å². The third-order valence-corrected chi connectivity index (χ3v) is 4.42. The minimum absolute atomic E-state index is 0. The van der Waals surface area contributed by atoms with Crippen molar-refractivity contribution in [1.29, 1.82) is 0 Å². The predicted octanol–water partition coefficient (Wildman–Crippen LogP) is 2.49. The number of methoxy groups -OCH3 is 1. The van der Waals surface area contributed by atoms with E-state index >= 15 is 0 Å². The lowest BCUT2D eigenvalue weighted by molar-refractivity contribution is 0.191. The number of aromatic nitrogens is 2. The van der Waals surface area contributed by atoms with Gasteiger partial charge in [0.1, 0.15) is 11.4 Å². The van der Waals surface area contributed by atoms with E-state index in [9.17, 15) is 0 Å². The normalized spacial score (nSPS) is 16.1. The molecule has 0 saturated carbocycles. The Kier molecular flexibility index (Phi) is 6.45. The van der Waals surface area contributed by atoms with Gasteiger partial charge in [0.2, 0.25) is 0 Å². The summed E-state index contributed by atoms with van der Waals surface area (Å²) >= 11 is 0. The van der Waals surface area contributed by atoms with Gasteiger partial charge in [-0.1, -0.05) is 12.1 Å². The van der Waals surface area contributed by atoms with Crippen LogP contribution in [0.1, 0.15) is 18.5 Å². The molecule has 0 spiro atoms. The van der Waals surface area contributed by atoms with E-state index in [1.807, 2.05) is 35.1 Å². The summed E-state index contributed by atoms with van der Waals surface area (Å²) in [4.78, 5) is 2.50. The molecule has 6 heteroatoms. The largest absolute Gasteiger partial charge is 0.494 e. The van der Waals surface area contributed by atoms with Crippen LogP contribution in [0, 0.1) is 0 Å². The van der Waals surface area contributed by atoms with Crippen molar-refractivity contribution in [2.24, 2.45) is 0 Å². The van der Waals surface area contributed by atoms with Crippen molar-refractivity contribution in [3.05, 3.63) is 42.2 Å². The van der Waals surface area contributed by atoms with Crippen LogP contribution in [0.3, 0.4) is 0 Å². The number of nitrogens with one attached hydrogen (secondary N) is 1. The topological polar surface area (TPSA) is 42.3 Å². The molecular weight excluding hydrogens is 312 g/mol. The quantitative estimate of drug-likeness (QED) is 0.911. The first-order chi connectivity index (χ1) is 10.8. The first kappa shape index (κ1) is 17.8. The molecule has 0 atom stereocenters. The summed E-state index contributed by atoms with van der Waals surface area (Å²) in [6.45, 7) is 3.18. The van der Waals surface area contributed by atoms with Crippen LogP contribution in [0.5, 0.6) is 5.75 Å². The highest BCUT2D eigenvalue weighted by Gasteiger charge is 2.19. The Bertz CT molecular complexity index is 608. The molecule has 1 aliphatic heterocycles. The van der Waals surface area contributed by atoms with Crippen molar-refractivity contribution in [2.45, 2.75) is 25.4 Å². The van der Waals surface area contributed by atoms with Crippen LogP contribution in [-0.4, -0.2) is 48.0 Å². The number of rotatable bonds is 5. The second kappa shape index (κ2) is 8.34. The highest BCUT2D eigenvalue weighted by Crippen LogP contribution is 2.23. The molecule has 5 nitrogen and oxygen atoms in total. The van der Waals surface area contributed by atoms with E-state index in [0.29, 0.717) is 6.04 Å². The average Bonchev–Trinajstić information content (AvgIpc) is 3.03. The van der Waals surface area contributed by atoms with Gasteiger partial charge < -0.3 is 10.1 Å². The molecule has 0 amide bonds. The van der Waals surface area contributed by atoms with Crippen molar-refractivity contribution in [1.82, 2.24) is 20.0 Å². The summed E-state index contributed by atoms with van der Waals surface area (Å²) in [6, 6.07) is 10.8. The Morgan fingerprint density at radius 2 is 1.96 bits per heavy atom. The predicted molar refractivity (Wildman–Crippen MR) is 94.7 cm³/mol. The third kappa shape index (κ3) is 4.05. The molecule has 0 unspecified atom stereocenters. The monoisotopic (exact) mass is 336 g/mol. The molecular formula is C17H25ClN4O. The lowest BCUT2D eigenvalue weighted by Gasteiger charge is -2.31. The highest BCUT2D eigenvalue weighted by atomic mass is 35.5. The molecule has 126 valence electrons. The molecule has 2 aromatic rings. The minimum Gasteiger partial charge on any atom is -0.494 e. The van der Waals surface area contributed by atoms with Gasteiger partial charge in [0.15, 0.2) is 0 Å². The molecule has 1 fully saturated rings. The van der Waals surface area contributed by atoms with E-state index in [1.165, 1.54) is 18.5 Å². The van der Waals surface area contributed by atoms with Crippen LogP contribution in [0.15, 0.2) is 36.5 Å². The van der Waals surface area contributed by atoms with Gasteiger partial charge in [-0.05, 0) is 38.1 Å². The number of likely N-dealkylation sites (tertiary alicyclic amines) is 1. The lowest BCUT2D eigenvalue weighted by atomic mass is 10.1. The number of piperidine rings is 1. The van der Waals surface area contributed by atoms with E-state index in [4.69, 9.17) is 4.74 Å². The van der Waals surface area contributed by atoms with Gasteiger partial charge in [-0.2, -0.15) is 5.10 Å². The standard InChI is InChI=1S/C17H24N4O.ClH/c1-18-14-8-11-20(12-9-14)13-15-7-10-19-21(15)16-5-3-4-6-17(16)22-2;/h3-7,10,14,18H,8-9,11-13H2,1-2H3;1H. The first-order valence-electron chi connectivity index (χ1n) is 7.87. The number of para-hydroxylation sites is 2. The van der Waals surface area contributed by atoms with Gasteiger partial charge >= 0.3 is 0 Å². The SMILES string of the molecule is CNC1CCN(Cc2ccnn2-c2ccccc2OC)CC1.Cl. The fourth-order valence-corrected chi connectivity index (χ4v) is 3.08. The van der Waals surface area contributed by atoms with Gasteiger partial charge in [0, 0.05) is 31.9 Å². The van der Waals surface area contributed by atoms with Gasteiger partial charge in [-0.3, -0.25) is 4.90 Å². The van der Waals surface area contributed by atoms with Crippen molar-refractivity contribution >= 4 is 12.4 Å². The Labute approximate surface area is 144 Å². The van der Waals surface area contributed by atoms with Crippen LogP contribution < -0.4 is 10.1 Å². The summed E-state index contributed by atoms with van der Waals surface area (Å²) in [5, 5.41) is 7.86. The Morgan fingerprint density at radius 3 is 2.65 bits per heavy atom. The maximum absolute atomic E-state index is 5.46. The average molecular weight is 337 g/mol. The van der Waals surface area contributed by atoms with Gasteiger partial charge in [0.05, 0.1) is 12.8 Å². The molecule has 1 aromatic heterocycles. The molecule has 23 heavy (non-hydrogen) atoms. The molecule has 1 aliphatic rings. The molecule has 2 heterocycles. The zero-order chi connectivity index (χ0) is 15.4. The summed E-state index contributed by atoms with van der Waals surface area (Å²) in [7, 11) is 3.75. The summed E-state index contributed by atoms with van der Waals surface area (Å²) < 4.78 is 7.45. The van der Waals surface area contributed by atoms with Crippen molar-refractivity contribution in [3.63, 3.8) is 0 Å². The fourth-order valence-electron chi connectivity index (χ4n) is 3.08. The van der Waals surface area contributed by atoms with Crippen molar-refractivity contribution < 1.29 is 4.74 Å². The number of ether oxygens (including phenoxy) is 1. The van der Waals surface area contributed by atoms with E-state index in [0.717, 1.165) is 31.1 Å². The smallest absolute Gasteiger partial charge is 0.144 e. The lowest BCUT2D eigenvalue weighted by Crippen LogP contribution is -2.41. The summed E-state index contributed by atoms with van der Waals surface area (Å²) in [5.41, 5.74) is 2.20. The molecule has 0 aliphatic carbocycles. The zero-order valence-corrected chi connectivity index (χ0v) is 14.6. The second-order valence-electron chi connectivity index (χ2n) is 5.75. The second-order valence-corrected chi connectivity index (χ2v) is 5.75. The number of hydrogen-bond acceptors (Lipinski definition) is 4. The zero-order valence-electron chi connectivity index (χ0n) is 13.7. The fraction of sp³-hybridized carbons (Fsp3) is 0.471. The molecule has 3 rings (SSSR count). The maximum atomic E-state index is 5.46. The van der Waals surface area contributed by atoms with Crippen molar-refractivity contribution in [2.75, 3.05) is 27.2 Å². The molecule has 0 radical (unpaired) electrons. The number of nitrogens with zero attached hydrogens (tertiary/aromatic N) is 3. The van der Waals surface area contributed by atoms with E-state index < -0.39 is 0 Å². The van der Waals surface area contributed by atoms with Crippen LogP contribution in [0.25, 0.3) is 5.69 Å². The molecule has 1 N–H and O–H groups in total. The van der Waals surface area contributed by atoms with Crippen LogP contribution in [0.4, 0.5) is 0 Å². The third-order valence-electron chi connectivity index (χ3n) is 4.42. The molecule has 1 aromatic carbocycles. The Hall–Kier alpha value is -1.56. The van der Waals surface area contributed by atoms with Crippen LogP contribution >= 0.6 is 12.4 Å². The van der Waals surface area contributed by atoms with Crippen LogP contribution in [-0.2, 0) is 6.54 Å². The minimum atomic E-state index is 0. The number of halogens is 1. The molecule has 0 bridgehead atoms. The van der Waals surface area contributed by atoms with Crippen LogP contribution in [0.2, 0.25) is 0 Å².